The van der Waals surface area contributed by atoms with Crippen molar-refractivity contribution in [2.45, 2.75) is 13.0 Å². The van der Waals surface area contributed by atoms with Crippen molar-refractivity contribution in [3.05, 3.63) is 65.7 Å². The second-order valence-electron chi connectivity index (χ2n) is 6.92. The van der Waals surface area contributed by atoms with Crippen molar-refractivity contribution in [1.82, 2.24) is 9.80 Å². The van der Waals surface area contributed by atoms with Crippen molar-refractivity contribution in [2.75, 3.05) is 44.6 Å². The Morgan fingerprint density at radius 2 is 1.62 bits per heavy atom. The first-order valence-electron chi connectivity index (χ1n) is 9.14. The fourth-order valence-electron chi connectivity index (χ4n) is 3.20. The Kier molecular flexibility index (Phi) is 6.39. The lowest BCUT2D eigenvalue weighted by atomic mass is 10.1. The monoisotopic (exact) mass is 353 g/mol. The number of aliphatic hydroxyl groups excluding tert-OH is 1. The molecule has 1 unspecified atom stereocenters. The number of amides is 1. The number of nitrogens with zero attached hydrogens (tertiary/aromatic N) is 2. The summed E-state index contributed by atoms with van der Waals surface area (Å²) in [4.78, 5) is 16.6. The van der Waals surface area contributed by atoms with E-state index in [1.165, 1.54) is 5.56 Å². The van der Waals surface area contributed by atoms with Gasteiger partial charge in [0.15, 0.2) is 0 Å². The fraction of sp³-hybridized carbons (Fsp3) is 0.381. The zero-order valence-electron chi connectivity index (χ0n) is 15.3. The molecule has 5 heteroatoms. The molecule has 1 atom stereocenters. The van der Waals surface area contributed by atoms with Gasteiger partial charge in [-0.15, -0.1) is 0 Å². The Morgan fingerprint density at radius 3 is 2.27 bits per heavy atom. The van der Waals surface area contributed by atoms with Crippen molar-refractivity contribution in [3.8, 4) is 0 Å². The van der Waals surface area contributed by atoms with Crippen LogP contribution in [0.3, 0.4) is 0 Å². The lowest BCUT2D eigenvalue weighted by Gasteiger charge is -2.35. The molecule has 0 aliphatic carbocycles. The van der Waals surface area contributed by atoms with Crippen molar-refractivity contribution in [1.29, 1.82) is 0 Å². The van der Waals surface area contributed by atoms with E-state index >= 15 is 0 Å². The van der Waals surface area contributed by atoms with E-state index in [9.17, 15) is 9.90 Å². The molecule has 1 fully saturated rings. The minimum Gasteiger partial charge on any atom is -0.387 e. The number of benzene rings is 2. The molecule has 5 nitrogen and oxygen atoms in total. The zero-order chi connectivity index (χ0) is 18.4. The Balaban J connectivity index is 1.40. The predicted molar refractivity (Wildman–Crippen MR) is 104 cm³/mol. The second kappa shape index (κ2) is 8.94. The Hall–Kier alpha value is -2.21. The summed E-state index contributed by atoms with van der Waals surface area (Å²) in [5, 5.41) is 13.3. The summed E-state index contributed by atoms with van der Waals surface area (Å²) in [7, 11) is 0. The maximum atomic E-state index is 12.2. The fourth-order valence-corrected chi connectivity index (χ4v) is 3.20. The molecule has 0 aromatic heterocycles. The van der Waals surface area contributed by atoms with Gasteiger partial charge in [0, 0.05) is 38.4 Å². The maximum Gasteiger partial charge on any atom is 0.238 e. The minimum absolute atomic E-state index is 0.0200. The highest BCUT2D eigenvalue weighted by atomic mass is 16.3. The van der Waals surface area contributed by atoms with E-state index in [-0.39, 0.29) is 5.91 Å². The van der Waals surface area contributed by atoms with Gasteiger partial charge in [0.2, 0.25) is 5.91 Å². The summed E-state index contributed by atoms with van der Waals surface area (Å²) < 4.78 is 0. The summed E-state index contributed by atoms with van der Waals surface area (Å²) in [5.74, 6) is 0.0200. The van der Waals surface area contributed by atoms with Crippen molar-refractivity contribution in [2.24, 2.45) is 0 Å². The van der Waals surface area contributed by atoms with E-state index in [0.29, 0.717) is 13.1 Å². The molecule has 0 bridgehead atoms. The van der Waals surface area contributed by atoms with Crippen LogP contribution in [0, 0.1) is 6.92 Å². The molecule has 1 aliphatic rings. The molecule has 26 heavy (non-hydrogen) atoms. The van der Waals surface area contributed by atoms with E-state index in [4.69, 9.17) is 0 Å². The van der Waals surface area contributed by atoms with Gasteiger partial charge >= 0.3 is 0 Å². The van der Waals surface area contributed by atoms with Crippen LogP contribution < -0.4 is 5.32 Å². The van der Waals surface area contributed by atoms with Crippen LogP contribution >= 0.6 is 0 Å². The van der Waals surface area contributed by atoms with Gasteiger partial charge in [0.05, 0.1) is 12.6 Å². The molecule has 2 N–H and O–H groups in total. The molecular weight excluding hydrogens is 326 g/mol. The molecule has 1 saturated heterocycles. The third-order valence-corrected chi connectivity index (χ3v) is 4.78. The van der Waals surface area contributed by atoms with Crippen LogP contribution in [0.2, 0.25) is 0 Å². The van der Waals surface area contributed by atoms with Gasteiger partial charge in [-0.05, 0) is 24.6 Å². The summed E-state index contributed by atoms with van der Waals surface area (Å²) in [5.41, 5.74) is 2.97. The van der Waals surface area contributed by atoms with E-state index < -0.39 is 6.10 Å². The van der Waals surface area contributed by atoms with Crippen molar-refractivity contribution < 1.29 is 9.90 Å². The van der Waals surface area contributed by atoms with Gasteiger partial charge in [0.25, 0.3) is 0 Å². The van der Waals surface area contributed by atoms with E-state index in [2.05, 4.69) is 15.1 Å². The smallest absolute Gasteiger partial charge is 0.238 e. The number of aryl methyl sites for hydroxylation is 1. The Bertz CT molecular complexity index is 695. The molecule has 1 aliphatic heterocycles. The third kappa shape index (κ3) is 5.39. The molecule has 2 aromatic carbocycles. The average Bonchev–Trinajstić information content (AvgIpc) is 2.66. The topological polar surface area (TPSA) is 55.8 Å². The molecule has 138 valence electrons. The number of piperazine rings is 1. The molecule has 2 aromatic rings. The van der Waals surface area contributed by atoms with Crippen LogP contribution in [-0.4, -0.2) is 60.1 Å². The normalized spacial score (nSPS) is 17.0. The van der Waals surface area contributed by atoms with E-state index in [1.807, 2.05) is 61.5 Å². The van der Waals surface area contributed by atoms with E-state index in [0.717, 1.165) is 37.4 Å². The molecule has 0 spiro atoms. The largest absolute Gasteiger partial charge is 0.387 e. The average molecular weight is 353 g/mol. The molecule has 3 rings (SSSR count). The summed E-state index contributed by atoms with van der Waals surface area (Å²) >= 11 is 0. The van der Waals surface area contributed by atoms with Gasteiger partial charge in [-0.25, -0.2) is 0 Å². The number of hydrogen-bond donors (Lipinski definition) is 2. The number of β-amino-alcohol motifs (C(OH)–C–C–N with tert-alkyl or cyclic N) is 1. The summed E-state index contributed by atoms with van der Waals surface area (Å²) in [6.07, 6.45) is -0.465. The summed E-state index contributed by atoms with van der Waals surface area (Å²) in [6, 6.07) is 17.6. The van der Waals surface area contributed by atoms with Gasteiger partial charge in [-0.3, -0.25) is 14.6 Å². The highest BCUT2D eigenvalue weighted by molar-refractivity contribution is 5.92. The lowest BCUT2D eigenvalue weighted by Crippen LogP contribution is -2.49. The number of hydrogen-bond acceptors (Lipinski definition) is 4. The number of rotatable bonds is 6. The standard InChI is InChI=1S/C21H27N3O2/c1-17-7-9-19(10-8-17)22-21(26)16-24-13-11-23(12-14-24)15-20(25)18-5-3-2-4-6-18/h2-10,20,25H,11-16H2,1H3,(H,22,26). The Morgan fingerprint density at radius 1 is 1.00 bits per heavy atom. The number of carbonyl (C=O) groups is 1. The first kappa shape index (κ1) is 18.6. The van der Waals surface area contributed by atoms with Crippen LogP contribution in [0.1, 0.15) is 17.2 Å². The SMILES string of the molecule is Cc1ccc(NC(=O)CN2CCN(CC(O)c3ccccc3)CC2)cc1. The number of carbonyl (C=O) groups excluding carboxylic acids is 1. The predicted octanol–water partition coefficient (Wildman–Crippen LogP) is 2.28. The first-order chi connectivity index (χ1) is 12.6. The van der Waals surface area contributed by atoms with Crippen LogP contribution in [0.5, 0.6) is 0 Å². The van der Waals surface area contributed by atoms with Crippen molar-refractivity contribution in [3.63, 3.8) is 0 Å². The highest BCUT2D eigenvalue weighted by Gasteiger charge is 2.21. The first-order valence-corrected chi connectivity index (χ1v) is 9.14. The summed E-state index contributed by atoms with van der Waals surface area (Å²) in [6.45, 7) is 6.46. The quantitative estimate of drug-likeness (QED) is 0.837. The van der Waals surface area contributed by atoms with Gasteiger partial charge in [-0.2, -0.15) is 0 Å². The maximum absolute atomic E-state index is 12.2. The van der Waals surface area contributed by atoms with Crippen LogP contribution in [0.15, 0.2) is 54.6 Å². The molecule has 0 radical (unpaired) electrons. The van der Waals surface area contributed by atoms with Gasteiger partial charge < -0.3 is 10.4 Å². The van der Waals surface area contributed by atoms with Crippen LogP contribution in [-0.2, 0) is 4.79 Å². The van der Waals surface area contributed by atoms with Crippen molar-refractivity contribution >= 4 is 11.6 Å². The molecular formula is C21H27N3O2. The minimum atomic E-state index is -0.465. The Labute approximate surface area is 155 Å². The zero-order valence-corrected chi connectivity index (χ0v) is 15.3. The molecule has 1 amide bonds. The number of aliphatic hydroxyl groups is 1. The third-order valence-electron chi connectivity index (χ3n) is 4.78. The number of nitrogens with one attached hydrogen (secondary N) is 1. The molecule has 0 saturated carbocycles. The number of anilines is 1. The highest BCUT2D eigenvalue weighted by Crippen LogP contribution is 2.15. The molecule has 1 heterocycles. The van der Waals surface area contributed by atoms with Crippen LogP contribution in [0.4, 0.5) is 5.69 Å². The second-order valence-corrected chi connectivity index (χ2v) is 6.92. The van der Waals surface area contributed by atoms with E-state index in [1.54, 1.807) is 0 Å². The van der Waals surface area contributed by atoms with Gasteiger partial charge in [0.1, 0.15) is 0 Å². The lowest BCUT2D eigenvalue weighted by molar-refractivity contribution is -0.117. The van der Waals surface area contributed by atoms with Gasteiger partial charge in [-0.1, -0.05) is 48.0 Å². The van der Waals surface area contributed by atoms with Crippen LogP contribution in [0.25, 0.3) is 0 Å².